The third-order valence-electron chi connectivity index (χ3n) is 4.56. The molecule has 4 nitrogen and oxygen atoms in total. The molecule has 0 N–H and O–H groups in total. The number of carbonyl (C=O) groups is 2. The van der Waals surface area contributed by atoms with Gasteiger partial charge in [-0.1, -0.05) is 42.5 Å². The van der Waals surface area contributed by atoms with Crippen molar-refractivity contribution in [1.82, 2.24) is 0 Å². The molecule has 0 atom stereocenters. The van der Waals surface area contributed by atoms with Crippen LogP contribution in [0, 0.1) is 11.8 Å². The molecule has 0 unspecified atom stereocenters. The van der Waals surface area contributed by atoms with Crippen molar-refractivity contribution in [3.8, 4) is 0 Å². The van der Waals surface area contributed by atoms with Gasteiger partial charge in [-0.25, -0.2) is 0 Å². The minimum absolute atomic E-state index is 0.183. The maximum atomic E-state index is 12.4. The van der Waals surface area contributed by atoms with Crippen LogP contribution in [0.25, 0.3) is 0 Å². The van der Waals surface area contributed by atoms with Crippen molar-refractivity contribution in [1.29, 1.82) is 0 Å². The Morgan fingerprint density at radius 2 is 1.29 bits per heavy atom. The molecule has 0 aromatic carbocycles. The fourth-order valence-electron chi connectivity index (χ4n) is 2.75. The first kappa shape index (κ1) is 23.4. The molecule has 1 fully saturated rings. The molecular weight excluding hydrogens is 352 g/mol. The van der Waals surface area contributed by atoms with Crippen molar-refractivity contribution in [2.45, 2.75) is 53.4 Å². The SMILES string of the molecule is C=C/C(C)=C\C=C(/C)OC(=O)[C@H]1CC[C@H](C(=O)O/C(C=C)=C/C=C(C)C)CC1. The van der Waals surface area contributed by atoms with Crippen molar-refractivity contribution in [2.75, 3.05) is 0 Å². The Labute approximate surface area is 169 Å². The second kappa shape index (κ2) is 12.0. The van der Waals surface area contributed by atoms with Crippen LogP contribution in [0.5, 0.6) is 0 Å². The Bertz CT molecular complexity index is 707. The van der Waals surface area contributed by atoms with Crippen LogP contribution in [0.2, 0.25) is 0 Å². The largest absolute Gasteiger partial charge is 0.431 e. The van der Waals surface area contributed by atoms with Crippen LogP contribution in [-0.2, 0) is 19.1 Å². The Kier molecular flexibility index (Phi) is 10.0. The lowest BCUT2D eigenvalue weighted by molar-refractivity contribution is -0.150. The van der Waals surface area contributed by atoms with Crippen molar-refractivity contribution < 1.29 is 19.1 Å². The van der Waals surface area contributed by atoms with Gasteiger partial charge in [0.05, 0.1) is 11.8 Å². The van der Waals surface area contributed by atoms with Crippen molar-refractivity contribution in [3.05, 3.63) is 72.3 Å². The highest BCUT2D eigenvalue weighted by Crippen LogP contribution is 2.31. The normalized spacial score (nSPS) is 20.8. The molecule has 0 aromatic heterocycles. The standard InChI is InChI=1S/C24H32O4/c1-7-18(5)10-11-19(6)27-23(25)20-12-14-21(15-13-20)24(26)28-22(8-2)16-9-17(3)4/h7-11,16,20-21H,1-2,12-15H2,3-6H3/b18-10-,19-11+,22-16+/t20-,21-. The van der Waals surface area contributed by atoms with Gasteiger partial charge in [-0.3, -0.25) is 9.59 Å². The zero-order valence-electron chi connectivity index (χ0n) is 17.5. The zero-order chi connectivity index (χ0) is 21.1. The molecule has 1 aliphatic rings. The summed E-state index contributed by atoms with van der Waals surface area (Å²) in [6.45, 7) is 15.0. The summed E-state index contributed by atoms with van der Waals surface area (Å²) in [6.07, 6.45) is 12.9. The Hall–Kier alpha value is -2.62. The maximum Gasteiger partial charge on any atom is 0.314 e. The third kappa shape index (κ3) is 8.38. The minimum Gasteiger partial charge on any atom is -0.431 e. The predicted molar refractivity (Wildman–Crippen MR) is 113 cm³/mol. The van der Waals surface area contributed by atoms with Gasteiger partial charge in [0.25, 0.3) is 0 Å². The highest BCUT2D eigenvalue weighted by atomic mass is 16.5. The lowest BCUT2D eigenvalue weighted by atomic mass is 9.82. The Morgan fingerprint density at radius 3 is 1.75 bits per heavy atom. The molecule has 0 bridgehead atoms. The van der Waals surface area contributed by atoms with Crippen LogP contribution in [0.1, 0.15) is 53.4 Å². The summed E-state index contributed by atoms with van der Waals surface area (Å²) in [5, 5.41) is 0. The van der Waals surface area contributed by atoms with Gasteiger partial charge < -0.3 is 9.47 Å². The highest BCUT2D eigenvalue weighted by molar-refractivity contribution is 5.76. The summed E-state index contributed by atoms with van der Waals surface area (Å²) in [6, 6.07) is 0. The maximum absolute atomic E-state index is 12.4. The van der Waals surface area contributed by atoms with Gasteiger partial charge in [-0.2, -0.15) is 0 Å². The lowest BCUT2D eigenvalue weighted by Crippen LogP contribution is -2.28. The van der Waals surface area contributed by atoms with E-state index in [0.717, 1.165) is 11.1 Å². The van der Waals surface area contributed by atoms with Crippen LogP contribution >= 0.6 is 0 Å². The zero-order valence-corrected chi connectivity index (χ0v) is 17.5. The second-order valence-corrected chi connectivity index (χ2v) is 7.30. The van der Waals surface area contributed by atoms with E-state index in [0.29, 0.717) is 37.2 Å². The van der Waals surface area contributed by atoms with Gasteiger partial charge >= 0.3 is 11.9 Å². The number of hydrogen-bond acceptors (Lipinski definition) is 4. The first-order valence-corrected chi connectivity index (χ1v) is 9.65. The molecule has 0 aromatic rings. The molecule has 0 amide bonds. The summed E-state index contributed by atoms with van der Waals surface area (Å²) in [7, 11) is 0. The van der Waals surface area contributed by atoms with E-state index >= 15 is 0 Å². The summed E-state index contributed by atoms with van der Waals surface area (Å²) in [5.74, 6) is 0.108. The van der Waals surface area contributed by atoms with E-state index < -0.39 is 0 Å². The van der Waals surface area contributed by atoms with Crippen LogP contribution < -0.4 is 0 Å². The first-order chi connectivity index (χ1) is 13.3. The minimum atomic E-state index is -0.263. The van der Waals surface area contributed by atoms with Crippen molar-refractivity contribution >= 4 is 11.9 Å². The Balaban J connectivity index is 2.55. The highest BCUT2D eigenvalue weighted by Gasteiger charge is 2.32. The van der Waals surface area contributed by atoms with Gasteiger partial charge in [-0.15, -0.1) is 0 Å². The van der Waals surface area contributed by atoms with Crippen LogP contribution in [0.4, 0.5) is 0 Å². The molecule has 0 aliphatic heterocycles. The summed E-state index contributed by atoms with van der Waals surface area (Å²) in [5.41, 5.74) is 2.10. The van der Waals surface area contributed by atoms with E-state index in [-0.39, 0.29) is 23.8 Å². The van der Waals surface area contributed by atoms with Crippen molar-refractivity contribution in [3.63, 3.8) is 0 Å². The lowest BCUT2D eigenvalue weighted by Gasteiger charge is -2.26. The molecule has 0 spiro atoms. The molecule has 1 rings (SSSR count). The number of hydrogen-bond donors (Lipinski definition) is 0. The Morgan fingerprint density at radius 1 is 0.750 bits per heavy atom. The number of allylic oxidation sites excluding steroid dienone is 9. The quantitative estimate of drug-likeness (QED) is 0.295. The molecule has 152 valence electrons. The van der Waals surface area contributed by atoms with E-state index in [2.05, 4.69) is 13.2 Å². The number of esters is 2. The summed E-state index contributed by atoms with van der Waals surface area (Å²) in [4.78, 5) is 24.7. The van der Waals surface area contributed by atoms with E-state index in [1.807, 2.05) is 32.9 Å². The fraction of sp³-hybridized carbons (Fsp3) is 0.417. The average molecular weight is 385 g/mol. The molecular formula is C24H32O4. The molecule has 0 heterocycles. The van der Waals surface area contributed by atoms with E-state index in [1.54, 1.807) is 25.2 Å². The van der Waals surface area contributed by atoms with Gasteiger partial charge in [0, 0.05) is 0 Å². The smallest absolute Gasteiger partial charge is 0.314 e. The van der Waals surface area contributed by atoms with E-state index in [4.69, 9.17) is 9.47 Å². The van der Waals surface area contributed by atoms with Crippen LogP contribution in [-0.4, -0.2) is 11.9 Å². The molecule has 1 saturated carbocycles. The molecule has 0 saturated heterocycles. The first-order valence-electron chi connectivity index (χ1n) is 9.65. The van der Waals surface area contributed by atoms with Gasteiger partial charge in [0.2, 0.25) is 0 Å². The van der Waals surface area contributed by atoms with Gasteiger partial charge in [0.1, 0.15) is 11.5 Å². The van der Waals surface area contributed by atoms with E-state index in [9.17, 15) is 9.59 Å². The number of ether oxygens (including phenoxy) is 2. The topological polar surface area (TPSA) is 52.6 Å². The third-order valence-corrected chi connectivity index (χ3v) is 4.56. The van der Waals surface area contributed by atoms with Crippen LogP contribution in [0.15, 0.2) is 72.3 Å². The molecule has 0 radical (unpaired) electrons. The van der Waals surface area contributed by atoms with Crippen molar-refractivity contribution in [2.24, 2.45) is 11.8 Å². The van der Waals surface area contributed by atoms with Gasteiger partial charge in [-0.05, 0) is 71.6 Å². The molecule has 28 heavy (non-hydrogen) atoms. The average Bonchev–Trinajstić information content (AvgIpc) is 2.68. The number of carbonyl (C=O) groups excluding carboxylic acids is 2. The molecule has 4 heteroatoms. The fourth-order valence-corrected chi connectivity index (χ4v) is 2.75. The van der Waals surface area contributed by atoms with Crippen LogP contribution in [0.3, 0.4) is 0 Å². The van der Waals surface area contributed by atoms with Gasteiger partial charge in [0.15, 0.2) is 0 Å². The monoisotopic (exact) mass is 384 g/mol. The predicted octanol–water partition coefficient (Wildman–Crippen LogP) is 5.95. The summed E-state index contributed by atoms with van der Waals surface area (Å²) >= 11 is 0. The summed E-state index contributed by atoms with van der Waals surface area (Å²) < 4.78 is 10.8. The molecule has 1 aliphatic carbocycles. The second-order valence-electron chi connectivity index (χ2n) is 7.30. The van der Waals surface area contributed by atoms with E-state index in [1.165, 1.54) is 6.08 Å². The number of rotatable bonds is 8.